The number of piperidine rings is 1. The van der Waals surface area contributed by atoms with Crippen LogP contribution in [0.3, 0.4) is 0 Å². The lowest BCUT2D eigenvalue weighted by Gasteiger charge is -2.30. The van der Waals surface area contributed by atoms with Gasteiger partial charge in [0.1, 0.15) is 4.21 Å². The molecule has 2 aromatic heterocycles. The van der Waals surface area contributed by atoms with Crippen molar-refractivity contribution in [3.8, 4) is 0 Å². The fraction of sp³-hybridized carbons (Fsp3) is 0.474. The van der Waals surface area contributed by atoms with Crippen molar-refractivity contribution < 1.29 is 13.2 Å². The van der Waals surface area contributed by atoms with E-state index < -0.39 is 15.9 Å². The van der Waals surface area contributed by atoms with E-state index in [1.165, 1.54) is 15.6 Å². The van der Waals surface area contributed by atoms with Crippen LogP contribution < -0.4 is 10.9 Å². The SMILES string of the molecule is Cc1cc(C)c(CNC(=O)[C@H]2CCCN(S(=O)(=O)c3ccc(C)s3)C2)c(=O)[nH]1. The maximum absolute atomic E-state index is 12.8. The summed E-state index contributed by atoms with van der Waals surface area (Å²) in [6.45, 7) is 6.22. The second kappa shape index (κ2) is 8.18. The van der Waals surface area contributed by atoms with E-state index in [9.17, 15) is 18.0 Å². The van der Waals surface area contributed by atoms with Gasteiger partial charge in [0.05, 0.1) is 5.92 Å². The number of pyridine rings is 1. The highest BCUT2D eigenvalue weighted by Gasteiger charge is 2.34. The number of nitrogens with zero attached hydrogens (tertiary/aromatic N) is 1. The van der Waals surface area contributed by atoms with Crippen LogP contribution in [0.15, 0.2) is 27.2 Å². The van der Waals surface area contributed by atoms with Crippen LogP contribution in [0.4, 0.5) is 0 Å². The first-order valence-electron chi connectivity index (χ1n) is 9.22. The molecule has 1 saturated heterocycles. The van der Waals surface area contributed by atoms with E-state index in [2.05, 4.69) is 10.3 Å². The molecule has 9 heteroatoms. The smallest absolute Gasteiger partial charge is 0.253 e. The molecule has 0 aliphatic carbocycles. The Bertz CT molecular complexity index is 1040. The molecule has 3 heterocycles. The number of amides is 1. The number of carbonyl (C=O) groups is 1. The molecular weight excluding hydrogens is 398 g/mol. The van der Waals surface area contributed by atoms with Gasteiger partial charge in [0.15, 0.2) is 0 Å². The van der Waals surface area contributed by atoms with E-state index in [0.29, 0.717) is 29.2 Å². The van der Waals surface area contributed by atoms with Gasteiger partial charge in [-0.3, -0.25) is 9.59 Å². The quantitative estimate of drug-likeness (QED) is 0.769. The highest BCUT2D eigenvalue weighted by atomic mass is 32.2. The Morgan fingerprint density at radius 2 is 2.07 bits per heavy atom. The van der Waals surface area contributed by atoms with Gasteiger partial charge in [0.25, 0.3) is 15.6 Å². The molecule has 2 N–H and O–H groups in total. The minimum Gasteiger partial charge on any atom is -0.352 e. The van der Waals surface area contributed by atoms with Gasteiger partial charge in [-0.05, 0) is 57.4 Å². The molecule has 0 radical (unpaired) electrons. The number of aromatic nitrogens is 1. The van der Waals surface area contributed by atoms with E-state index in [1.807, 2.05) is 26.8 Å². The zero-order chi connectivity index (χ0) is 20.5. The summed E-state index contributed by atoms with van der Waals surface area (Å²) >= 11 is 1.24. The monoisotopic (exact) mass is 423 g/mol. The normalized spacial score (nSPS) is 18.2. The number of thiophene rings is 1. The summed E-state index contributed by atoms with van der Waals surface area (Å²) in [5, 5.41) is 2.81. The Kier molecular flexibility index (Phi) is 6.07. The predicted molar refractivity (Wildman–Crippen MR) is 109 cm³/mol. The molecular formula is C19H25N3O4S2. The Morgan fingerprint density at radius 3 is 2.71 bits per heavy atom. The molecule has 152 valence electrons. The number of aromatic amines is 1. The molecule has 1 fully saturated rings. The van der Waals surface area contributed by atoms with Crippen molar-refractivity contribution >= 4 is 27.3 Å². The summed E-state index contributed by atoms with van der Waals surface area (Å²) in [5.74, 6) is -0.643. The molecule has 0 unspecified atom stereocenters. The van der Waals surface area contributed by atoms with Gasteiger partial charge in [-0.15, -0.1) is 11.3 Å². The zero-order valence-corrected chi connectivity index (χ0v) is 17.9. The van der Waals surface area contributed by atoms with Gasteiger partial charge < -0.3 is 10.3 Å². The fourth-order valence-electron chi connectivity index (χ4n) is 3.47. The lowest BCUT2D eigenvalue weighted by atomic mass is 9.98. The average molecular weight is 424 g/mol. The number of H-pyrrole nitrogens is 1. The average Bonchev–Trinajstić information content (AvgIpc) is 3.08. The predicted octanol–water partition coefficient (Wildman–Crippen LogP) is 2.08. The number of hydrogen-bond acceptors (Lipinski definition) is 5. The van der Waals surface area contributed by atoms with Crippen LogP contribution in [0, 0.1) is 26.7 Å². The summed E-state index contributed by atoms with van der Waals surface area (Å²) in [6.07, 6.45) is 1.26. The van der Waals surface area contributed by atoms with Gasteiger partial charge in [0.2, 0.25) is 5.91 Å². The topological polar surface area (TPSA) is 99.3 Å². The van der Waals surface area contributed by atoms with Crippen molar-refractivity contribution in [2.24, 2.45) is 5.92 Å². The number of hydrogen-bond donors (Lipinski definition) is 2. The standard InChI is InChI=1S/C19H25N3O4S2/c1-12-9-13(2)21-19(24)16(12)10-20-18(23)15-5-4-8-22(11-15)28(25,26)17-7-6-14(3)27-17/h6-7,9,15H,4-5,8,10-11H2,1-3H3,(H,20,23)(H,21,24)/t15-/m0/s1. The van der Waals surface area contributed by atoms with Crippen molar-refractivity contribution in [3.05, 3.63) is 50.3 Å². The first-order chi connectivity index (χ1) is 13.2. The molecule has 7 nitrogen and oxygen atoms in total. The number of carbonyl (C=O) groups excluding carboxylic acids is 1. The van der Waals surface area contributed by atoms with Gasteiger partial charge in [-0.2, -0.15) is 4.31 Å². The molecule has 0 saturated carbocycles. The lowest BCUT2D eigenvalue weighted by molar-refractivity contribution is -0.126. The van der Waals surface area contributed by atoms with Crippen LogP contribution in [0.2, 0.25) is 0 Å². The number of rotatable bonds is 5. The second-order valence-electron chi connectivity index (χ2n) is 7.23. The van der Waals surface area contributed by atoms with Crippen molar-refractivity contribution in [3.63, 3.8) is 0 Å². The van der Waals surface area contributed by atoms with Gasteiger partial charge >= 0.3 is 0 Å². The minimum absolute atomic E-state index is 0.133. The molecule has 1 aliphatic heterocycles. The third-order valence-electron chi connectivity index (χ3n) is 5.00. The largest absolute Gasteiger partial charge is 0.352 e. The Morgan fingerprint density at radius 1 is 1.32 bits per heavy atom. The Hall–Kier alpha value is -1.97. The molecule has 0 bridgehead atoms. The van der Waals surface area contributed by atoms with E-state index in [4.69, 9.17) is 0 Å². The third-order valence-corrected chi connectivity index (χ3v) is 8.33. The highest BCUT2D eigenvalue weighted by molar-refractivity contribution is 7.91. The first kappa shape index (κ1) is 20.8. The summed E-state index contributed by atoms with van der Waals surface area (Å²) in [6, 6.07) is 5.26. The van der Waals surface area contributed by atoms with Crippen molar-refractivity contribution in [2.45, 2.75) is 44.4 Å². The molecule has 1 amide bonds. The number of aryl methyl sites for hydroxylation is 3. The maximum atomic E-state index is 12.8. The molecule has 0 aromatic carbocycles. The molecule has 3 rings (SSSR count). The van der Waals surface area contributed by atoms with Crippen molar-refractivity contribution in [2.75, 3.05) is 13.1 Å². The van der Waals surface area contributed by atoms with Gasteiger partial charge in [-0.1, -0.05) is 0 Å². The maximum Gasteiger partial charge on any atom is 0.253 e. The zero-order valence-electron chi connectivity index (χ0n) is 16.2. The molecule has 0 spiro atoms. The van der Waals surface area contributed by atoms with Gasteiger partial charge in [0, 0.05) is 35.8 Å². The minimum atomic E-state index is -3.58. The Labute approximate surface area is 168 Å². The lowest BCUT2D eigenvalue weighted by Crippen LogP contribution is -2.45. The Balaban J connectivity index is 1.67. The summed E-state index contributed by atoms with van der Waals surface area (Å²) in [7, 11) is -3.58. The van der Waals surface area contributed by atoms with Crippen LogP contribution in [0.25, 0.3) is 0 Å². The summed E-state index contributed by atoms with van der Waals surface area (Å²) in [4.78, 5) is 28.4. The third kappa shape index (κ3) is 4.37. The number of nitrogens with one attached hydrogen (secondary N) is 2. The summed E-state index contributed by atoms with van der Waals surface area (Å²) in [5.41, 5.74) is 1.91. The fourth-order valence-corrected chi connectivity index (χ4v) is 6.44. The number of sulfonamides is 1. The van der Waals surface area contributed by atoms with E-state index in [-0.39, 0.29) is 24.6 Å². The van der Waals surface area contributed by atoms with Crippen LogP contribution in [0.5, 0.6) is 0 Å². The van der Waals surface area contributed by atoms with Crippen molar-refractivity contribution in [1.82, 2.24) is 14.6 Å². The molecule has 1 atom stereocenters. The van der Waals surface area contributed by atoms with Crippen LogP contribution in [0.1, 0.15) is 34.5 Å². The van der Waals surface area contributed by atoms with Crippen molar-refractivity contribution in [1.29, 1.82) is 0 Å². The van der Waals surface area contributed by atoms with E-state index in [0.717, 1.165) is 16.1 Å². The van der Waals surface area contributed by atoms with Gasteiger partial charge in [-0.25, -0.2) is 8.42 Å². The van der Waals surface area contributed by atoms with Crippen LogP contribution >= 0.6 is 11.3 Å². The van der Waals surface area contributed by atoms with E-state index in [1.54, 1.807) is 12.1 Å². The molecule has 28 heavy (non-hydrogen) atoms. The van der Waals surface area contributed by atoms with Crippen LogP contribution in [-0.4, -0.2) is 36.7 Å². The van der Waals surface area contributed by atoms with Crippen LogP contribution in [-0.2, 0) is 21.4 Å². The first-order valence-corrected chi connectivity index (χ1v) is 11.5. The van der Waals surface area contributed by atoms with E-state index >= 15 is 0 Å². The summed E-state index contributed by atoms with van der Waals surface area (Å²) < 4.78 is 27.4. The molecule has 2 aromatic rings. The molecule has 1 aliphatic rings. The second-order valence-corrected chi connectivity index (χ2v) is 10.7. The highest BCUT2D eigenvalue weighted by Crippen LogP contribution is 2.28.